The average Bonchev–Trinajstić information content (AvgIpc) is 2.82. The summed E-state index contributed by atoms with van der Waals surface area (Å²) >= 11 is 5.17. The minimum absolute atomic E-state index is 0.773. The predicted molar refractivity (Wildman–Crippen MR) is 89.8 cm³/mol. The number of thiazole rings is 1. The van der Waals surface area contributed by atoms with Crippen molar-refractivity contribution in [2.45, 2.75) is 6.92 Å². The Bertz CT molecular complexity index is 730. The molecule has 4 heteroatoms. The van der Waals surface area contributed by atoms with E-state index >= 15 is 0 Å². The molecule has 1 aromatic heterocycles. The van der Waals surface area contributed by atoms with Crippen LogP contribution in [0.2, 0.25) is 0 Å². The first-order chi connectivity index (χ1) is 9.63. The molecule has 100 valence electrons. The Morgan fingerprint density at radius 2 is 1.55 bits per heavy atom. The van der Waals surface area contributed by atoms with Gasteiger partial charge < -0.3 is 5.73 Å². The van der Waals surface area contributed by atoms with Crippen LogP contribution in [-0.2, 0) is 0 Å². The van der Waals surface area contributed by atoms with Gasteiger partial charge >= 0.3 is 0 Å². The normalized spacial score (nSPS) is 10.7. The molecule has 0 bridgehead atoms. The van der Waals surface area contributed by atoms with Gasteiger partial charge in [-0.1, -0.05) is 28.1 Å². The van der Waals surface area contributed by atoms with Gasteiger partial charge in [0.05, 0.1) is 10.6 Å². The fourth-order valence-electron chi connectivity index (χ4n) is 2.01. The number of rotatable bonds is 2. The SMILES string of the molecule is Cc1nc(-c2ccc(N)cc2)sc1-c1ccc(Br)cc1. The lowest BCUT2D eigenvalue weighted by Gasteiger charge is -1.98. The number of hydrogen-bond acceptors (Lipinski definition) is 3. The summed E-state index contributed by atoms with van der Waals surface area (Å²) in [5.41, 5.74) is 9.86. The molecular formula is C16H13BrN2S. The standard InChI is InChI=1S/C16H13BrN2S/c1-10-15(11-2-6-13(17)7-3-11)20-16(19-10)12-4-8-14(18)9-5-12/h2-9H,18H2,1H3. The van der Waals surface area contributed by atoms with E-state index in [1.54, 1.807) is 11.3 Å². The molecule has 0 spiro atoms. The third-order valence-electron chi connectivity index (χ3n) is 3.06. The van der Waals surface area contributed by atoms with Gasteiger partial charge in [0.15, 0.2) is 0 Å². The zero-order valence-electron chi connectivity index (χ0n) is 10.9. The highest BCUT2D eigenvalue weighted by molar-refractivity contribution is 9.10. The first-order valence-electron chi connectivity index (χ1n) is 6.23. The second kappa shape index (κ2) is 5.38. The second-order valence-electron chi connectivity index (χ2n) is 4.56. The van der Waals surface area contributed by atoms with E-state index < -0.39 is 0 Å². The second-order valence-corrected chi connectivity index (χ2v) is 6.48. The van der Waals surface area contributed by atoms with Gasteiger partial charge in [-0.3, -0.25) is 0 Å². The van der Waals surface area contributed by atoms with Crippen molar-refractivity contribution in [3.63, 3.8) is 0 Å². The van der Waals surface area contributed by atoms with Gasteiger partial charge in [-0.25, -0.2) is 4.98 Å². The summed E-state index contributed by atoms with van der Waals surface area (Å²) in [6.45, 7) is 2.05. The average molecular weight is 345 g/mol. The van der Waals surface area contributed by atoms with Crippen LogP contribution < -0.4 is 5.73 Å². The molecule has 0 atom stereocenters. The number of halogens is 1. The van der Waals surface area contributed by atoms with Gasteiger partial charge in [0, 0.05) is 15.7 Å². The lowest BCUT2D eigenvalue weighted by Crippen LogP contribution is -1.83. The largest absolute Gasteiger partial charge is 0.399 e. The zero-order chi connectivity index (χ0) is 14.1. The molecule has 20 heavy (non-hydrogen) atoms. The number of hydrogen-bond donors (Lipinski definition) is 1. The van der Waals surface area contributed by atoms with Crippen molar-refractivity contribution in [2.75, 3.05) is 5.73 Å². The molecule has 0 saturated carbocycles. The molecule has 3 aromatic rings. The fraction of sp³-hybridized carbons (Fsp3) is 0.0625. The van der Waals surface area contributed by atoms with Crippen molar-refractivity contribution >= 4 is 33.0 Å². The van der Waals surface area contributed by atoms with Crippen LogP contribution in [0.4, 0.5) is 5.69 Å². The molecule has 2 nitrogen and oxygen atoms in total. The highest BCUT2D eigenvalue weighted by Crippen LogP contribution is 2.35. The third kappa shape index (κ3) is 2.62. The number of nitrogens with zero attached hydrogens (tertiary/aromatic N) is 1. The van der Waals surface area contributed by atoms with Crippen molar-refractivity contribution < 1.29 is 0 Å². The van der Waals surface area contributed by atoms with E-state index in [0.29, 0.717) is 0 Å². The molecule has 0 aliphatic rings. The molecular weight excluding hydrogens is 332 g/mol. The van der Waals surface area contributed by atoms with Crippen LogP contribution in [0.25, 0.3) is 21.0 Å². The quantitative estimate of drug-likeness (QED) is 0.654. The van der Waals surface area contributed by atoms with E-state index in [-0.39, 0.29) is 0 Å². The molecule has 0 radical (unpaired) electrons. The first-order valence-corrected chi connectivity index (χ1v) is 7.84. The van der Waals surface area contributed by atoms with Crippen LogP contribution in [0.3, 0.4) is 0 Å². The van der Waals surface area contributed by atoms with Gasteiger partial charge in [0.2, 0.25) is 0 Å². The Labute approximate surface area is 130 Å². The molecule has 0 amide bonds. The minimum atomic E-state index is 0.773. The van der Waals surface area contributed by atoms with E-state index in [4.69, 9.17) is 5.73 Å². The Morgan fingerprint density at radius 3 is 2.20 bits per heavy atom. The van der Waals surface area contributed by atoms with Gasteiger partial charge in [-0.15, -0.1) is 11.3 Å². The lowest BCUT2D eigenvalue weighted by atomic mass is 10.2. The summed E-state index contributed by atoms with van der Waals surface area (Å²) < 4.78 is 1.09. The summed E-state index contributed by atoms with van der Waals surface area (Å²) in [7, 11) is 0. The van der Waals surface area contributed by atoms with Gasteiger partial charge in [-0.2, -0.15) is 0 Å². The third-order valence-corrected chi connectivity index (χ3v) is 4.84. The predicted octanol–water partition coefficient (Wildman–Crippen LogP) is 5.13. The molecule has 3 rings (SSSR count). The topological polar surface area (TPSA) is 38.9 Å². The van der Waals surface area contributed by atoms with Crippen LogP contribution in [-0.4, -0.2) is 4.98 Å². The van der Waals surface area contributed by atoms with E-state index in [0.717, 1.165) is 26.4 Å². The molecule has 0 fully saturated rings. The van der Waals surface area contributed by atoms with Crippen LogP contribution in [0.5, 0.6) is 0 Å². The summed E-state index contributed by atoms with van der Waals surface area (Å²) in [6, 6.07) is 16.2. The van der Waals surface area contributed by atoms with Crippen molar-refractivity contribution in [1.82, 2.24) is 4.98 Å². The highest BCUT2D eigenvalue weighted by atomic mass is 79.9. The number of nitrogen functional groups attached to an aromatic ring is 1. The summed E-state index contributed by atoms with van der Waals surface area (Å²) in [4.78, 5) is 5.89. The Hall–Kier alpha value is -1.65. The molecule has 2 N–H and O–H groups in total. The maximum absolute atomic E-state index is 5.72. The van der Waals surface area contributed by atoms with Gasteiger partial charge in [0.25, 0.3) is 0 Å². The fourth-order valence-corrected chi connectivity index (χ4v) is 3.36. The van der Waals surface area contributed by atoms with E-state index in [1.165, 1.54) is 10.4 Å². The van der Waals surface area contributed by atoms with Gasteiger partial charge in [0.1, 0.15) is 5.01 Å². The number of aryl methyl sites for hydroxylation is 1. The van der Waals surface area contributed by atoms with Crippen LogP contribution in [0, 0.1) is 6.92 Å². The van der Waals surface area contributed by atoms with E-state index in [2.05, 4.69) is 52.1 Å². The molecule has 0 aliphatic carbocycles. The van der Waals surface area contributed by atoms with E-state index in [1.807, 2.05) is 24.3 Å². The lowest BCUT2D eigenvalue weighted by molar-refractivity contribution is 1.27. The Kier molecular flexibility index (Phi) is 3.59. The monoisotopic (exact) mass is 344 g/mol. The molecule has 0 saturated heterocycles. The first kappa shape index (κ1) is 13.3. The van der Waals surface area contributed by atoms with Crippen molar-refractivity contribution in [1.29, 1.82) is 0 Å². The van der Waals surface area contributed by atoms with E-state index in [9.17, 15) is 0 Å². The number of benzene rings is 2. The summed E-state index contributed by atoms with van der Waals surface area (Å²) in [5.74, 6) is 0. The highest BCUT2D eigenvalue weighted by Gasteiger charge is 2.11. The maximum Gasteiger partial charge on any atom is 0.124 e. The van der Waals surface area contributed by atoms with Crippen molar-refractivity contribution in [2.24, 2.45) is 0 Å². The van der Waals surface area contributed by atoms with Crippen LogP contribution in [0.15, 0.2) is 53.0 Å². The number of nitrogens with two attached hydrogens (primary N) is 1. The Balaban J connectivity index is 2.02. The van der Waals surface area contributed by atoms with Crippen molar-refractivity contribution in [3.05, 3.63) is 58.7 Å². The number of aromatic nitrogens is 1. The summed E-state index contributed by atoms with van der Waals surface area (Å²) in [5, 5.41) is 1.03. The van der Waals surface area contributed by atoms with Crippen molar-refractivity contribution in [3.8, 4) is 21.0 Å². The Morgan fingerprint density at radius 1 is 0.950 bits per heavy atom. The van der Waals surface area contributed by atoms with Gasteiger partial charge in [-0.05, 0) is 48.9 Å². The minimum Gasteiger partial charge on any atom is -0.399 e. The summed E-state index contributed by atoms with van der Waals surface area (Å²) in [6.07, 6.45) is 0. The molecule has 0 unspecified atom stereocenters. The molecule has 0 aliphatic heterocycles. The maximum atomic E-state index is 5.72. The molecule has 1 heterocycles. The zero-order valence-corrected chi connectivity index (χ0v) is 13.3. The van der Waals surface area contributed by atoms with Crippen LogP contribution >= 0.6 is 27.3 Å². The smallest absolute Gasteiger partial charge is 0.124 e. The van der Waals surface area contributed by atoms with Crippen LogP contribution in [0.1, 0.15) is 5.69 Å². The number of anilines is 1. The molecule has 2 aromatic carbocycles.